The lowest BCUT2D eigenvalue weighted by Crippen LogP contribution is -2.52. The van der Waals surface area contributed by atoms with Gasteiger partial charge in [-0.15, -0.1) is 0 Å². The van der Waals surface area contributed by atoms with E-state index in [-0.39, 0.29) is 27.8 Å². The van der Waals surface area contributed by atoms with Crippen LogP contribution in [0.3, 0.4) is 0 Å². The average molecular weight is 324 g/mol. The van der Waals surface area contributed by atoms with Gasteiger partial charge in [0, 0.05) is 17.9 Å². The van der Waals surface area contributed by atoms with Gasteiger partial charge in [-0.05, 0) is 19.1 Å². The molecule has 0 aliphatic heterocycles. The molecule has 2 rings (SSSR count). The molecule has 1 fully saturated rings. The molecule has 0 heterocycles. The Hall–Kier alpha value is -0.320. The molecule has 0 bridgehead atoms. The van der Waals surface area contributed by atoms with Gasteiger partial charge in [0.25, 0.3) is 0 Å². The third kappa shape index (κ3) is 2.75. The number of hydrogen-bond acceptors (Lipinski definition) is 2. The van der Waals surface area contributed by atoms with Crippen molar-refractivity contribution in [2.24, 2.45) is 0 Å². The minimum Gasteiger partial charge on any atom is -0.484 e. The summed E-state index contributed by atoms with van der Waals surface area (Å²) >= 11 is 9.18. The first-order valence-electron chi connectivity index (χ1n) is 5.49. The Morgan fingerprint density at radius 2 is 2.29 bits per heavy atom. The summed E-state index contributed by atoms with van der Waals surface area (Å²) in [4.78, 5) is 0.273. The molecule has 1 aromatic rings. The zero-order valence-corrected chi connectivity index (χ0v) is 11.7. The molecule has 0 amide bonds. The number of halogens is 3. The summed E-state index contributed by atoms with van der Waals surface area (Å²) in [5, 5.41) is 0.0742. The van der Waals surface area contributed by atoms with Gasteiger partial charge in [-0.25, -0.2) is 4.39 Å². The van der Waals surface area contributed by atoms with Crippen LogP contribution in [0.5, 0.6) is 5.75 Å². The summed E-state index contributed by atoms with van der Waals surface area (Å²) in [6, 6.07) is 4.74. The predicted octanol–water partition coefficient (Wildman–Crippen LogP) is 3.80. The van der Waals surface area contributed by atoms with Crippen LogP contribution in [0.4, 0.5) is 4.39 Å². The molecule has 1 aliphatic rings. The Morgan fingerprint density at radius 3 is 2.94 bits per heavy atom. The molecule has 1 aromatic carbocycles. The van der Waals surface area contributed by atoms with E-state index in [0.717, 1.165) is 6.42 Å². The fourth-order valence-electron chi connectivity index (χ4n) is 1.78. The summed E-state index contributed by atoms with van der Waals surface area (Å²) in [5.74, 6) is -0.325. The molecular formula is C12H13BrClFO2. The lowest BCUT2D eigenvalue weighted by molar-refractivity contribution is -0.0734. The van der Waals surface area contributed by atoms with Crippen LogP contribution in [0, 0.1) is 5.82 Å². The number of benzene rings is 1. The summed E-state index contributed by atoms with van der Waals surface area (Å²) in [6.45, 7) is 2.54. The summed E-state index contributed by atoms with van der Waals surface area (Å²) in [5.41, 5.74) is 0. The second kappa shape index (κ2) is 5.55. The van der Waals surface area contributed by atoms with Gasteiger partial charge in [-0.3, -0.25) is 0 Å². The highest BCUT2D eigenvalue weighted by Crippen LogP contribution is 2.35. The van der Waals surface area contributed by atoms with E-state index >= 15 is 0 Å². The average Bonchev–Trinajstić information content (AvgIpc) is 2.31. The first-order valence-corrected chi connectivity index (χ1v) is 6.79. The maximum atomic E-state index is 13.6. The van der Waals surface area contributed by atoms with Crippen molar-refractivity contribution in [3.63, 3.8) is 0 Å². The van der Waals surface area contributed by atoms with Crippen LogP contribution in [0.1, 0.15) is 13.3 Å². The molecule has 17 heavy (non-hydrogen) atoms. The van der Waals surface area contributed by atoms with Crippen LogP contribution in [0.25, 0.3) is 0 Å². The Bertz CT molecular complexity index is 402. The van der Waals surface area contributed by atoms with Crippen molar-refractivity contribution in [3.8, 4) is 5.75 Å². The Morgan fingerprint density at radius 1 is 1.53 bits per heavy atom. The van der Waals surface area contributed by atoms with Gasteiger partial charge < -0.3 is 9.47 Å². The molecule has 1 aliphatic carbocycles. The molecule has 0 aromatic heterocycles. The number of ether oxygens (including phenoxy) is 2. The molecule has 0 spiro atoms. The smallest absolute Gasteiger partial charge is 0.183 e. The van der Waals surface area contributed by atoms with Crippen LogP contribution in [0.2, 0.25) is 5.02 Å². The molecular weight excluding hydrogens is 310 g/mol. The van der Waals surface area contributed by atoms with Gasteiger partial charge in [0.05, 0.1) is 5.02 Å². The number of alkyl halides is 1. The fraction of sp³-hybridized carbons (Fsp3) is 0.500. The summed E-state index contributed by atoms with van der Waals surface area (Å²) < 4.78 is 24.7. The van der Waals surface area contributed by atoms with Crippen molar-refractivity contribution >= 4 is 27.5 Å². The highest BCUT2D eigenvalue weighted by Gasteiger charge is 2.42. The normalized spacial score (nSPS) is 27.6. The maximum Gasteiger partial charge on any atom is 0.183 e. The van der Waals surface area contributed by atoms with Gasteiger partial charge in [-0.2, -0.15) is 0 Å². The minimum absolute atomic E-state index is 0.0293. The molecule has 1 saturated carbocycles. The summed E-state index contributed by atoms with van der Waals surface area (Å²) in [6.07, 6.45) is 0.655. The molecule has 2 nitrogen and oxygen atoms in total. The predicted molar refractivity (Wildman–Crippen MR) is 68.6 cm³/mol. The molecule has 0 radical (unpaired) electrons. The van der Waals surface area contributed by atoms with E-state index in [2.05, 4.69) is 15.9 Å². The highest BCUT2D eigenvalue weighted by atomic mass is 79.9. The van der Waals surface area contributed by atoms with Crippen LogP contribution >= 0.6 is 27.5 Å². The van der Waals surface area contributed by atoms with E-state index in [0.29, 0.717) is 6.61 Å². The molecule has 5 heteroatoms. The molecule has 0 saturated heterocycles. The zero-order valence-electron chi connectivity index (χ0n) is 9.33. The van der Waals surface area contributed by atoms with Gasteiger partial charge in [0.1, 0.15) is 12.2 Å². The van der Waals surface area contributed by atoms with Crippen LogP contribution in [-0.4, -0.2) is 23.6 Å². The molecule has 0 N–H and O–H groups in total. The van der Waals surface area contributed by atoms with Crippen molar-refractivity contribution < 1.29 is 13.9 Å². The van der Waals surface area contributed by atoms with Crippen molar-refractivity contribution in [2.75, 3.05) is 6.61 Å². The van der Waals surface area contributed by atoms with Crippen LogP contribution < -0.4 is 4.74 Å². The van der Waals surface area contributed by atoms with Crippen molar-refractivity contribution in [3.05, 3.63) is 29.0 Å². The van der Waals surface area contributed by atoms with Crippen molar-refractivity contribution in [2.45, 2.75) is 30.4 Å². The van der Waals surface area contributed by atoms with E-state index in [1.165, 1.54) is 6.07 Å². The van der Waals surface area contributed by atoms with Crippen LogP contribution in [-0.2, 0) is 4.74 Å². The van der Waals surface area contributed by atoms with Gasteiger partial charge in [0.15, 0.2) is 11.6 Å². The maximum absolute atomic E-state index is 13.6. The van der Waals surface area contributed by atoms with Gasteiger partial charge in [-0.1, -0.05) is 33.6 Å². The largest absolute Gasteiger partial charge is 0.484 e. The third-order valence-electron chi connectivity index (χ3n) is 2.73. The number of hydrogen-bond donors (Lipinski definition) is 0. The lowest BCUT2D eigenvalue weighted by Gasteiger charge is -2.40. The molecule has 3 unspecified atom stereocenters. The first kappa shape index (κ1) is 13.1. The monoisotopic (exact) mass is 322 g/mol. The van der Waals surface area contributed by atoms with E-state index < -0.39 is 5.82 Å². The van der Waals surface area contributed by atoms with E-state index in [9.17, 15) is 4.39 Å². The second-order valence-electron chi connectivity index (χ2n) is 3.88. The SMILES string of the molecule is CCOC1C(Br)CC1Oc1cccc(Cl)c1F. The molecule has 94 valence electrons. The minimum atomic E-state index is -0.512. The highest BCUT2D eigenvalue weighted by molar-refractivity contribution is 9.09. The standard InChI is InChI=1S/C12H13BrClFO2/c1-2-16-12-7(13)6-10(12)17-9-5-3-4-8(14)11(9)15/h3-5,7,10,12H,2,6H2,1H3. The second-order valence-corrected chi connectivity index (χ2v) is 5.46. The van der Waals surface area contributed by atoms with Crippen LogP contribution in [0.15, 0.2) is 18.2 Å². The lowest BCUT2D eigenvalue weighted by atomic mass is 9.91. The van der Waals surface area contributed by atoms with E-state index in [1.54, 1.807) is 12.1 Å². The Balaban J connectivity index is 2.04. The number of rotatable bonds is 4. The molecule has 3 atom stereocenters. The third-order valence-corrected chi connectivity index (χ3v) is 3.92. The van der Waals surface area contributed by atoms with E-state index in [1.807, 2.05) is 6.92 Å². The zero-order chi connectivity index (χ0) is 12.4. The topological polar surface area (TPSA) is 18.5 Å². The van der Waals surface area contributed by atoms with Crippen molar-refractivity contribution in [1.29, 1.82) is 0 Å². The van der Waals surface area contributed by atoms with Gasteiger partial charge in [0.2, 0.25) is 0 Å². The van der Waals surface area contributed by atoms with Gasteiger partial charge >= 0.3 is 0 Å². The quantitative estimate of drug-likeness (QED) is 0.785. The van der Waals surface area contributed by atoms with Crippen molar-refractivity contribution in [1.82, 2.24) is 0 Å². The Kier molecular flexibility index (Phi) is 4.28. The Labute approximate surface area is 113 Å². The van der Waals surface area contributed by atoms with E-state index in [4.69, 9.17) is 21.1 Å². The fourth-order valence-corrected chi connectivity index (χ4v) is 2.81. The first-order chi connectivity index (χ1) is 8.13. The summed E-state index contributed by atoms with van der Waals surface area (Å²) in [7, 11) is 0.